The van der Waals surface area contributed by atoms with Crippen LogP contribution in [0, 0.1) is 0 Å². The van der Waals surface area contributed by atoms with Gasteiger partial charge in [0.15, 0.2) is 0 Å². The van der Waals surface area contributed by atoms with Crippen molar-refractivity contribution in [2.45, 2.75) is 0 Å². The summed E-state index contributed by atoms with van der Waals surface area (Å²) in [6.45, 7) is 0. The van der Waals surface area contributed by atoms with Crippen molar-refractivity contribution in [1.29, 1.82) is 0 Å². The second-order valence-corrected chi connectivity index (χ2v) is 3.25. The molecule has 44 valence electrons. The zero-order valence-electron chi connectivity index (χ0n) is 4.14. The fourth-order valence-electron chi connectivity index (χ4n) is 0.328. The van der Waals surface area contributed by atoms with E-state index < -0.39 is 0 Å². The van der Waals surface area contributed by atoms with E-state index in [1.807, 2.05) is 0 Å². The Hall–Kier alpha value is 1.17. The standard InChI is InChI=1S/C3H7OPS.H3P/c1-2-6-4-3-5-1;/h5H,1-3H2;1H3. The van der Waals surface area contributed by atoms with Crippen molar-refractivity contribution in [1.82, 2.24) is 0 Å². The molecule has 0 bridgehead atoms. The van der Waals surface area contributed by atoms with Gasteiger partial charge in [0, 0.05) is 5.75 Å². The zero-order valence-corrected chi connectivity index (χ0v) is 7.38. The van der Waals surface area contributed by atoms with Crippen LogP contribution in [0.15, 0.2) is 0 Å². The van der Waals surface area contributed by atoms with Crippen molar-refractivity contribution >= 4 is 30.5 Å². The van der Waals surface area contributed by atoms with E-state index in [2.05, 4.69) is 0 Å². The molecule has 1 nitrogen and oxygen atoms in total. The molecule has 0 N–H and O–H groups in total. The lowest BCUT2D eigenvalue weighted by molar-refractivity contribution is 0.458. The molecule has 2 atom stereocenters. The van der Waals surface area contributed by atoms with Crippen molar-refractivity contribution in [2.75, 3.05) is 18.3 Å². The van der Waals surface area contributed by atoms with Crippen molar-refractivity contribution < 1.29 is 4.18 Å². The minimum absolute atomic E-state index is 0. The van der Waals surface area contributed by atoms with Gasteiger partial charge in [-0.2, -0.15) is 9.90 Å². The third kappa shape index (κ3) is 3.73. The Morgan fingerprint density at radius 2 is 2.43 bits per heavy atom. The van der Waals surface area contributed by atoms with Crippen LogP contribution in [-0.2, 0) is 4.18 Å². The molecule has 0 amide bonds. The van der Waals surface area contributed by atoms with Gasteiger partial charge in [-0.3, -0.25) is 0 Å². The second kappa shape index (κ2) is 5.31. The maximum atomic E-state index is 5.00. The Kier molecular flexibility index (Phi) is 6.20. The normalized spacial score (nSPS) is 24.0. The first-order valence-corrected chi connectivity index (χ1v) is 4.28. The van der Waals surface area contributed by atoms with Crippen molar-refractivity contribution in [3.05, 3.63) is 0 Å². The van der Waals surface area contributed by atoms with Crippen LogP contribution in [0.3, 0.4) is 0 Å². The fourth-order valence-corrected chi connectivity index (χ4v) is 2.17. The zero-order chi connectivity index (χ0) is 4.24. The summed E-state index contributed by atoms with van der Waals surface area (Å²) in [5.74, 6) is 1.21. The Labute approximate surface area is 53.6 Å². The number of hydrogen-bond donors (Lipinski definition) is 0. The molecule has 0 radical (unpaired) electrons. The molecule has 0 aromatic heterocycles. The third-order valence-corrected chi connectivity index (χ3v) is 2.79. The molecule has 2 unspecified atom stereocenters. The average Bonchev–Trinajstić information content (AvgIpc) is 1.72. The highest BCUT2D eigenvalue weighted by molar-refractivity contribution is 7.95. The Morgan fingerprint density at radius 3 is 2.57 bits per heavy atom. The molecular formula is C3H10OP2S. The van der Waals surface area contributed by atoms with Gasteiger partial charge in [-0.05, 0) is 18.2 Å². The summed E-state index contributed by atoms with van der Waals surface area (Å²) >= 11 is 1.60. The largest absolute Gasteiger partial charge is 0.311 e. The van der Waals surface area contributed by atoms with E-state index in [4.69, 9.17) is 4.18 Å². The molecule has 4 heteroatoms. The van der Waals surface area contributed by atoms with E-state index in [1.165, 1.54) is 11.9 Å². The summed E-state index contributed by atoms with van der Waals surface area (Å²) in [6.07, 6.45) is 2.36. The molecule has 1 fully saturated rings. The predicted molar refractivity (Wildman–Crippen MR) is 42.7 cm³/mol. The van der Waals surface area contributed by atoms with Gasteiger partial charge < -0.3 is 4.18 Å². The SMILES string of the molecule is C1CSOCP1.P. The molecule has 1 heterocycles. The van der Waals surface area contributed by atoms with Gasteiger partial charge in [0.1, 0.15) is 0 Å². The van der Waals surface area contributed by atoms with Gasteiger partial charge in [-0.25, -0.2) is 0 Å². The highest BCUT2D eigenvalue weighted by Crippen LogP contribution is 2.22. The smallest absolute Gasteiger partial charge is 0.0778 e. The number of rotatable bonds is 0. The minimum Gasteiger partial charge on any atom is -0.311 e. The third-order valence-electron chi connectivity index (χ3n) is 0.606. The molecule has 1 rings (SSSR count). The topological polar surface area (TPSA) is 9.23 Å². The van der Waals surface area contributed by atoms with Crippen LogP contribution in [0.25, 0.3) is 0 Å². The van der Waals surface area contributed by atoms with Gasteiger partial charge in [0.25, 0.3) is 0 Å². The highest BCUT2D eigenvalue weighted by atomic mass is 32.2. The van der Waals surface area contributed by atoms with Crippen molar-refractivity contribution in [3.8, 4) is 0 Å². The van der Waals surface area contributed by atoms with E-state index in [0.29, 0.717) is 0 Å². The summed E-state index contributed by atoms with van der Waals surface area (Å²) in [7, 11) is 1.06. The van der Waals surface area contributed by atoms with Gasteiger partial charge in [0.2, 0.25) is 0 Å². The van der Waals surface area contributed by atoms with E-state index in [0.717, 1.165) is 14.9 Å². The van der Waals surface area contributed by atoms with Gasteiger partial charge in [-0.15, -0.1) is 0 Å². The van der Waals surface area contributed by atoms with Gasteiger partial charge >= 0.3 is 0 Å². The monoisotopic (exact) mass is 156 g/mol. The summed E-state index contributed by atoms with van der Waals surface area (Å²) in [4.78, 5) is 0. The number of hydrogen-bond acceptors (Lipinski definition) is 2. The van der Waals surface area contributed by atoms with Crippen LogP contribution in [0.4, 0.5) is 0 Å². The first kappa shape index (κ1) is 8.17. The van der Waals surface area contributed by atoms with E-state index in [-0.39, 0.29) is 9.90 Å². The maximum absolute atomic E-state index is 5.00. The lowest BCUT2D eigenvalue weighted by atomic mass is 11.0. The van der Waals surface area contributed by atoms with Crippen LogP contribution in [0.5, 0.6) is 0 Å². The lowest BCUT2D eigenvalue weighted by Crippen LogP contribution is -1.92. The van der Waals surface area contributed by atoms with Crippen molar-refractivity contribution in [3.63, 3.8) is 0 Å². The summed E-state index contributed by atoms with van der Waals surface area (Å²) < 4.78 is 5.00. The molecule has 1 saturated heterocycles. The predicted octanol–water partition coefficient (Wildman–Crippen LogP) is 1.36. The second-order valence-electron chi connectivity index (χ2n) is 1.08. The average molecular weight is 156 g/mol. The first-order chi connectivity index (χ1) is 3.00. The van der Waals surface area contributed by atoms with E-state index >= 15 is 0 Å². The molecule has 0 aromatic rings. The Bertz CT molecular complexity index is 28.4. The molecule has 0 aliphatic carbocycles. The molecule has 1 aliphatic rings. The molecule has 0 aromatic carbocycles. The van der Waals surface area contributed by atoms with Crippen LogP contribution in [0.2, 0.25) is 0 Å². The van der Waals surface area contributed by atoms with Crippen LogP contribution in [-0.4, -0.2) is 18.3 Å². The quantitative estimate of drug-likeness (QED) is 0.387. The van der Waals surface area contributed by atoms with Crippen LogP contribution < -0.4 is 0 Å². The molecular weight excluding hydrogens is 146 g/mol. The summed E-state index contributed by atoms with van der Waals surface area (Å²) in [6, 6.07) is 0. The van der Waals surface area contributed by atoms with Gasteiger partial charge in [0.05, 0.1) is 6.35 Å². The molecule has 0 saturated carbocycles. The Morgan fingerprint density at radius 1 is 1.57 bits per heavy atom. The Balaban J connectivity index is 0.000000360. The van der Waals surface area contributed by atoms with Crippen molar-refractivity contribution in [2.24, 2.45) is 0 Å². The van der Waals surface area contributed by atoms with Crippen LogP contribution in [0.1, 0.15) is 0 Å². The molecule has 7 heavy (non-hydrogen) atoms. The van der Waals surface area contributed by atoms with E-state index in [1.54, 1.807) is 12.0 Å². The molecule has 0 spiro atoms. The fraction of sp³-hybridized carbons (Fsp3) is 1.00. The minimum atomic E-state index is 0. The first-order valence-electron chi connectivity index (χ1n) is 1.95. The summed E-state index contributed by atoms with van der Waals surface area (Å²) in [5.41, 5.74) is 0. The highest BCUT2D eigenvalue weighted by Gasteiger charge is 1.95. The molecule has 1 aliphatic heterocycles. The van der Waals surface area contributed by atoms with Gasteiger partial charge in [-0.1, -0.05) is 8.58 Å². The van der Waals surface area contributed by atoms with Crippen LogP contribution >= 0.6 is 30.5 Å². The lowest BCUT2D eigenvalue weighted by Gasteiger charge is -2.06. The maximum Gasteiger partial charge on any atom is 0.0778 e. The summed E-state index contributed by atoms with van der Waals surface area (Å²) in [5, 5.41) is 0. The van der Waals surface area contributed by atoms with E-state index in [9.17, 15) is 0 Å².